The number of benzene rings is 1. The van der Waals surface area contributed by atoms with Crippen LogP contribution in [0.25, 0.3) is 10.9 Å². The summed E-state index contributed by atoms with van der Waals surface area (Å²) in [7, 11) is 1.52. The molecule has 0 saturated heterocycles. The predicted molar refractivity (Wildman–Crippen MR) is 135 cm³/mol. The highest BCUT2D eigenvalue weighted by Crippen LogP contribution is 2.36. The zero-order valence-corrected chi connectivity index (χ0v) is 20.6. The fraction of sp³-hybridized carbons (Fsp3) is 0.370. The molecule has 2 atom stereocenters. The number of fused-ring (bicyclic) bond motifs is 2. The third kappa shape index (κ3) is 4.03. The number of imidazole rings is 1. The summed E-state index contributed by atoms with van der Waals surface area (Å²) >= 11 is 0. The highest BCUT2D eigenvalue weighted by molar-refractivity contribution is 6.08. The molecule has 182 valence electrons. The summed E-state index contributed by atoms with van der Waals surface area (Å²) in [4.78, 5) is 33.1. The van der Waals surface area contributed by atoms with Crippen molar-refractivity contribution in [2.45, 2.75) is 52.7 Å². The van der Waals surface area contributed by atoms with Crippen molar-refractivity contribution in [2.75, 3.05) is 7.11 Å². The van der Waals surface area contributed by atoms with Gasteiger partial charge in [-0.3, -0.25) is 9.59 Å². The zero-order valence-electron chi connectivity index (χ0n) is 20.6. The second kappa shape index (κ2) is 9.09. The van der Waals surface area contributed by atoms with E-state index in [1.54, 1.807) is 13.0 Å². The van der Waals surface area contributed by atoms with Gasteiger partial charge < -0.3 is 24.2 Å². The van der Waals surface area contributed by atoms with Gasteiger partial charge >= 0.3 is 0 Å². The number of carbonyl (C=O) groups excluding carboxylic acids is 1. The van der Waals surface area contributed by atoms with E-state index in [1.165, 1.54) is 12.8 Å². The molecule has 4 aromatic rings. The number of H-pyrrole nitrogens is 1. The average Bonchev–Trinajstić information content (AvgIpc) is 3.43. The Hall–Kier alpha value is -3.81. The number of amides is 1. The lowest BCUT2D eigenvalue weighted by atomic mass is 9.89. The van der Waals surface area contributed by atoms with Crippen LogP contribution in [0.1, 0.15) is 52.4 Å². The van der Waals surface area contributed by atoms with Gasteiger partial charge in [-0.05, 0) is 51.7 Å². The number of carbonyl (C=O) groups is 1. The molecule has 1 aliphatic rings. The van der Waals surface area contributed by atoms with Crippen molar-refractivity contribution < 1.29 is 9.53 Å². The van der Waals surface area contributed by atoms with E-state index in [-0.39, 0.29) is 24.1 Å². The Morgan fingerprint density at radius 2 is 2.11 bits per heavy atom. The van der Waals surface area contributed by atoms with Crippen LogP contribution in [-0.4, -0.2) is 32.1 Å². The number of hydrogen-bond donors (Lipinski definition) is 2. The molecule has 1 unspecified atom stereocenters. The predicted octanol–water partition coefficient (Wildman–Crippen LogP) is 3.91. The second-order valence-electron chi connectivity index (χ2n) is 9.43. The number of aryl methyl sites for hydroxylation is 2. The van der Waals surface area contributed by atoms with Gasteiger partial charge in [0.15, 0.2) is 0 Å². The first-order valence-corrected chi connectivity index (χ1v) is 12.0. The van der Waals surface area contributed by atoms with E-state index in [4.69, 9.17) is 4.74 Å². The second-order valence-corrected chi connectivity index (χ2v) is 9.43. The van der Waals surface area contributed by atoms with Crippen LogP contribution >= 0.6 is 0 Å². The van der Waals surface area contributed by atoms with Crippen molar-refractivity contribution in [2.24, 2.45) is 5.92 Å². The lowest BCUT2D eigenvalue weighted by molar-refractivity contribution is 0.0951. The Balaban J connectivity index is 1.46. The quantitative estimate of drug-likeness (QED) is 0.444. The van der Waals surface area contributed by atoms with Gasteiger partial charge in [0.25, 0.3) is 11.5 Å². The Morgan fingerprint density at radius 1 is 1.31 bits per heavy atom. The molecular formula is C27H31N5O3. The number of aromatic nitrogens is 4. The minimum atomic E-state index is -0.258. The normalized spacial score (nSPS) is 16.2. The molecule has 1 aromatic carbocycles. The number of methoxy groups -OCH3 is 1. The molecule has 0 radical (unpaired) electrons. The molecule has 8 nitrogen and oxygen atoms in total. The molecule has 2 N–H and O–H groups in total. The lowest BCUT2D eigenvalue weighted by Crippen LogP contribution is -2.29. The van der Waals surface area contributed by atoms with Crippen LogP contribution in [0.15, 0.2) is 47.7 Å². The van der Waals surface area contributed by atoms with Crippen molar-refractivity contribution in [3.8, 4) is 5.75 Å². The molecule has 5 rings (SSSR count). The van der Waals surface area contributed by atoms with Crippen LogP contribution in [0.5, 0.6) is 5.75 Å². The molecule has 1 aliphatic heterocycles. The molecule has 3 aromatic heterocycles. The average molecular weight is 474 g/mol. The number of nitrogens with zero attached hydrogens (tertiary/aromatic N) is 3. The topological polar surface area (TPSA) is 93.9 Å². The SMILES string of the molecule is COc1cc(C)[nH]c(=O)c1CNC(=O)c1c(C)n([C@H](C)C2CCn3cncc3C2)c2ccccc12. The minimum absolute atomic E-state index is 0.0821. The van der Waals surface area contributed by atoms with Crippen LogP contribution in [-0.2, 0) is 19.5 Å². The van der Waals surface area contributed by atoms with Crippen LogP contribution in [0.3, 0.4) is 0 Å². The monoisotopic (exact) mass is 473 g/mol. The Bertz CT molecular complexity index is 1460. The first kappa shape index (κ1) is 23.0. The van der Waals surface area contributed by atoms with Gasteiger partial charge in [-0.2, -0.15) is 0 Å². The molecule has 1 amide bonds. The lowest BCUT2D eigenvalue weighted by Gasteiger charge is -2.31. The van der Waals surface area contributed by atoms with Gasteiger partial charge in [0.2, 0.25) is 0 Å². The molecule has 35 heavy (non-hydrogen) atoms. The van der Waals surface area contributed by atoms with Crippen molar-refractivity contribution in [1.82, 2.24) is 24.4 Å². The first-order chi connectivity index (χ1) is 16.9. The van der Waals surface area contributed by atoms with Gasteiger partial charge in [-0.1, -0.05) is 18.2 Å². The maximum Gasteiger partial charge on any atom is 0.256 e. The highest BCUT2D eigenvalue weighted by atomic mass is 16.5. The number of nitrogens with one attached hydrogen (secondary N) is 2. The number of rotatable bonds is 6. The third-order valence-corrected chi connectivity index (χ3v) is 7.36. The standard InChI is InChI=1S/C27H31N5O3/c1-16-11-24(35-4)22(26(33)30-16)14-29-27(34)25-18(3)32(23-8-6-5-7-21(23)25)17(2)19-9-10-31-15-28-13-20(31)12-19/h5-8,11,13,15,17,19H,9-10,12,14H2,1-4H3,(H,29,34)(H,30,33)/t17-,19?/m1/s1. The smallest absolute Gasteiger partial charge is 0.256 e. The molecule has 8 heteroatoms. The van der Waals surface area contributed by atoms with E-state index in [1.807, 2.05) is 37.6 Å². The Kier molecular flexibility index (Phi) is 5.96. The van der Waals surface area contributed by atoms with E-state index in [2.05, 4.69) is 37.4 Å². The number of ether oxygens (including phenoxy) is 1. The Morgan fingerprint density at radius 3 is 2.91 bits per heavy atom. The molecule has 0 fully saturated rings. The number of hydrogen-bond acceptors (Lipinski definition) is 4. The molecule has 0 bridgehead atoms. The van der Waals surface area contributed by atoms with Gasteiger partial charge in [0, 0.05) is 46.8 Å². The fourth-order valence-corrected chi connectivity index (χ4v) is 5.51. The van der Waals surface area contributed by atoms with Crippen molar-refractivity contribution >= 4 is 16.8 Å². The summed E-state index contributed by atoms with van der Waals surface area (Å²) in [6.45, 7) is 7.10. The number of pyridine rings is 1. The molecule has 4 heterocycles. The van der Waals surface area contributed by atoms with Crippen molar-refractivity contribution in [1.29, 1.82) is 0 Å². The van der Waals surface area contributed by atoms with E-state index in [0.717, 1.165) is 36.0 Å². The van der Waals surface area contributed by atoms with Crippen LogP contribution < -0.4 is 15.6 Å². The fourth-order valence-electron chi connectivity index (χ4n) is 5.51. The minimum Gasteiger partial charge on any atom is -0.496 e. The van der Waals surface area contributed by atoms with E-state index in [0.29, 0.717) is 28.5 Å². The first-order valence-electron chi connectivity index (χ1n) is 12.0. The summed E-state index contributed by atoms with van der Waals surface area (Å²) in [5.74, 6) is 0.712. The summed E-state index contributed by atoms with van der Waals surface area (Å²) in [5.41, 5.74) is 4.74. The molecule has 0 spiro atoms. The van der Waals surface area contributed by atoms with Crippen LogP contribution in [0, 0.1) is 19.8 Å². The zero-order chi connectivity index (χ0) is 24.7. The van der Waals surface area contributed by atoms with Gasteiger partial charge in [-0.25, -0.2) is 4.98 Å². The summed E-state index contributed by atoms with van der Waals surface area (Å²) in [6, 6.07) is 10.0. The third-order valence-electron chi connectivity index (χ3n) is 7.36. The summed E-state index contributed by atoms with van der Waals surface area (Å²) in [5, 5.41) is 3.88. The Labute approximate surface area is 203 Å². The molecule has 0 aliphatic carbocycles. The van der Waals surface area contributed by atoms with Crippen molar-refractivity contribution in [3.05, 3.63) is 81.4 Å². The maximum absolute atomic E-state index is 13.5. The summed E-state index contributed by atoms with van der Waals surface area (Å²) in [6.07, 6.45) is 5.89. The van der Waals surface area contributed by atoms with E-state index >= 15 is 0 Å². The highest BCUT2D eigenvalue weighted by Gasteiger charge is 2.29. The number of aromatic amines is 1. The molecular weight excluding hydrogens is 442 g/mol. The van der Waals surface area contributed by atoms with Crippen LogP contribution in [0.4, 0.5) is 0 Å². The van der Waals surface area contributed by atoms with Gasteiger partial charge in [0.05, 0.1) is 31.1 Å². The maximum atomic E-state index is 13.5. The van der Waals surface area contributed by atoms with Gasteiger partial charge in [-0.15, -0.1) is 0 Å². The van der Waals surface area contributed by atoms with Crippen LogP contribution in [0.2, 0.25) is 0 Å². The van der Waals surface area contributed by atoms with E-state index in [9.17, 15) is 9.59 Å². The largest absolute Gasteiger partial charge is 0.496 e. The summed E-state index contributed by atoms with van der Waals surface area (Å²) < 4.78 is 9.91. The number of para-hydroxylation sites is 1. The van der Waals surface area contributed by atoms with E-state index < -0.39 is 0 Å². The molecule has 0 saturated carbocycles. The van der Waals surface area contributed by atoms with Crippen molar-refractivity contribution in [3.63, 3.8) is 0 Å². The van der Waals surface area contributed by atoms with Gasteiger partial charge in [0.1, 0.15) is 5.75 Å².